The van der Waals surface area contributed by atoms with E-state index in [-0.39, 0.29) is 12.1 Å². The van der Waals surface area contributed by atoms with E-state index in [1.54, 1.807) is 11.8 Å². The fourth-order valence-electron chi connectivity index (χ4n) is 1.51. The number of hydrogen-bond donors (Lipinski definition) is 1. The highest BCUT2D eigenvalue weighted by Crippen LogP contribution is 2.31. The zero-order chi connectivity index (χ0) is 13.1. The molecule has 17 heavy (non-hydrogen) atoms. The van der Waals surface area contributed by atoms with E-state index >= 15 is 0 Å². The maximum atomic E-state index is 9.39. The number of aliphatic hydroxyl groups is 1. The van der Waals surface area contributed by atoms with Gasteiger partial charge in [-0.15, -0.1) is 11.8 Å². The molecule has 0 atom stereocenters. The molecule has 0 heterocycles. The minimum Gasteiger partial charge on any atom is -0.394 e. The van der Waals surface area contributed by atoms with Gasteiger partial charge < -0.3 is 10.0 Å². The van der Waals surface area contributed by atoms with Gasteiger partial charge in [-0.3, -0.25) is 0 Å². The summed E-state index contributed by atoms with van der Waals surface area (Å²) in [6, 6.07) is 8.03. The van der Waals surface area contributed by atoms with Crippen molar-refractivity contribution in [2.75, 3.05) is 24.8 Å². The van der Waals surface area contributed by atoms with Gasteiger partial charge in [0.25, 0.3) is 0 Å². The van der Waals surface area contributed by atoms with Crippen molar-refractivity contribution in [1.29, 1.82) is 5.26 Å². The first kappa shape index (κ1) is 13.9. The molecule has 92 valence electrons. The maximum Gasteiger partial charge on any atom is 0.103 e. The van der Waals surface area contributed by atoms with E-state index < -0.39 is 0 Å². The van der Waals surface area contributed by atoms with Crippen LogP contribution in [0.15, 0.2) is 23.1 Å². The van der Waals surface area contributed by atoms with E-state index in [2.05, 4.69) is 6.07 Å². The van der Waals surface area contributed by atoms with Crippen LogP contribution in [0.25, 0.3) is 0 Å². The molecule has 0 aliphatic heterocycles. The highest BCUT2D eigenvalue weighted by atomic mass is 32.2. The van der Waals surface area contributed by atoms with Crippen LogP contribution in [0.4, 0.5) is 5.69 Å². The molecular formula is C13H18N2OS. The van der Waals surface area contributed by atoms with Gasteiger partial charge in [-0.1, -0.05) is 6.07 Å². The van der Waals surface area contributed by atoms with Gasteiger partial charge in [-0.2, -0.15) is 5.26 Å². The molecular weight excluding hydrogens is 232 g/mol. The Kier molecular flexibility index (Phi) is 4.44. The minimum atomic E-state index is -0.386. The minimum absolute atomic E-state index is 0.0395. The predicted molar refractivity (Wildman–Crippen MR) is 72.5 cm³/mol. The highest BCUT2D eigenvalue weighted by Gasteiger charge is 2.25. The van der Waals surface area contributed by atoms with Crippen molar-refractivity contribution in [3.05, 3.63) is 23.8 Å². The second-order valence-electron chi connectivity index (χ2n) is 4.50. The molecule has 1 aromatic carbocycles. The largest absolute Gasteiger partial charge is 0.394 e. The first-order valence-electron chi connectivity index (χ1n) is 5.39. The van der Waals surface area contributed by atoms with Gasteiger partial charge in [0.2, 0.25) is 0 Å². The zero-order valence-corrected chi connectivity index (χ0v) is 11.5. The standard InChI is InChI=1S/C13H18N2OS/c1-13(2,9-16)15(3)11-6-5-7-12(17-4)10(11)8-14/h5-7,16H,9H2,1-4H3. The molecule has 1 aromatic rings. The van der Waals surface area contributed by atoms with Crippen LogP contribution in [0.3, 0.4) is 0 Å². The number of nitriles is 1. The normalized spacial score (nSPS) is 11.1. The lowest BCUT2D eigenvalue weighted by molar-refractivity contribution is 0.216. The summed E-state index contributed by atoms with van der Waals surface area (Å²) in [5.41, 5.74) is 1.14. The summed E-state index contributed by atoms with van der Waals surface area (Å²) in [7, 11) is 1.90. The van der Waals surface area contributed by atoms with Crippen molar-refractivity contribution in [3.8, 4) is 6.07 Å². The van der Waals surface area contributed by atoms with Crippen LogP contribution in [-0.2, 0) is 0 Å². The van der Waals surface area contributed by atoms with Crippen molar-refractivity contribution < 1.29 is 5.11 Å². The van der Waals surface area contributed by atoms with Crippen LogP contribution in [-0.4, -0.2) is 30.6 Å². The van der Waals surface area contributed by atoms with Gasteiger partial charge in [-0.25, -0.2) is 0 Å². The van der Waals surface area contributed by atoms with Gasteiger partial charge in [0.15, 0.2) is 0 Å². The lowest BCUT2D eigenvalue weighted by Crippen LogP contribution is -2.44. The van der Waals surface area contributed by atoms with Gasteiger partial charge in [0.05, 0.1) is 23.4 Å². The number of anilines is 1. The zero-order valence-electron chi connectivity index (χ0n) is 10.7. The third kappa shape index (κ3) is 2.74. The summed E-state index contributed by atoms with van der Waals surface area (Å²) in [6.07, 6.45) is 1.96. The number of rotatable bonds is 4. The van der Waals surface area contributed by atoms with Crippen molar-refractivity contribution in [2.45, 2.75) is 24.3 Å². The van der Waals surface area contributed by atoms with Crippen molar-refractivity contribution in [1.82, 2.24) is 0 Å². The summed E-state index contributed by atoms with van der Waals surface area (Å²) in [6.45, 7) is 3.93. The first-order chi connectivity index (χ1) is 7.97. The SMILES string of the molecule is CSc1cccc(N(C)C(C)(C)CO)c1C#N. The summed E-state index contributed by atoms with van der Waals surface area (Å²) in [4.78, 5) is 2.91. The molecule has 3 nitrogen and oxygen atoms in total. The van der Waals surface area contributed by atoms with Gasteiger partial charge in [0, 0.05) is 11.9 Å². The number of nitrogens with zero attached hydrogens (tertiary/aromatic N) is 2. The summed E-state index contributed by atoms with van der Waals surface area (Å²) in [5.74, 6) is 0. The van der Waals surface area contributed by atoms with Gasteiger partial charge >= 0.3 is 0 Å². The Bertz CT molecular complexity index is 438. The van der Waals surface area contributed by atoms with E-state index in [0.29, 0.717) is 5.56 Å². The molecule has 0 radical (unpaired) electrons. The number of thioether (sulfide) groups is 1. The molecule has 0 bridgehead atoms. The lowest BCUT2D eigenvalue weighted by Gasteiger charge is -2.36. The van der Waals surface area contributed by atoms with Crippen LogP contribution >= 0.6 is 11.8 Å². The summed E-state index contributed by atoms with van der Waals surface area (Å²) < 4.78 is 0. The number of aliphatic hydroxyl groups excluding tert-OH is 1. The van der Waals surface area contributed by atoms with Crippen LogP contribution < -0.4 is 4.90 Å². The Labute approximate surface area is 107 Å². The predicted octanol–water partition coefficient (Wildman–Crippen LogP) is 2.49. The van der Waals surface area contributed by atoms with Crippen LogP contribution in [0.1, 0.15) is 19.4 Å². The third-order valence-electron chi connectivity index (χ3n) is 2.99. The molecule has 1 rings (SSSR count). The van der Waals surface area contributed by atoms with Gasteiger partial charge in [-0.05, 0) is 32.2 Å². The van der Waals surface area contributed by atoms with Crippen molar-refractivity contribution in [2.24, 2.45) is 0 Å². The van der Waals surface area contributed by atoms with Crippen molar-refractivity contribution in [3.63, 3.8) is 0 Å². The first-order valence-corrected chi connectivity index (χ1v) is 6.62. The average molecular weight is 250 g/mol. The van der Waals surface area contributed by atoms with E-state index in [0.717, 1.165) is 10.6 Å². The molecule has 0 aromatic heterocycles. The number of likely N-dealkylation sites (N-methyl/N-ethyl adjacent to an activating group) is 1. The van der Waals surface area contributed by atoms with E-state index in [1.807, 2.05) is 50.2 Å². The fourth-order valence-corrected chi connectivity index (χ4v) is 2.08. The molecule has 0 amide bonds. The third-order valence-corrected chi connectivity index (χ3v) is 3.77. The Morgan fingerprint density at radius 2 is 2.12 bits per heavy atom. The summed E-state index contributed by atoms with van der Waals surface area (Å²) in [5, 5.41) is 18.7. The quantitative estimate of drug-likeness (QED) is 0.834. The maximum absolute atomic E-state index is 9.39. The Morgan fingerprint density at radius 1 is 1.47 bits per heavy atom. The topological polar surface area (TPSA) is 47.3 Å². The second kappa shape index (κ2) is 5.44. The van der Waals surface area contributed by atoms with Crippen LogP contribution in [0.2, 0.25) is 0 Å². The Morgan fingerprint density at radius 3 is 2.59 bits per heavy atom. The Hall–Kier alpha value is -1.18. The average Bonchev–Trinajstić information content (AvgIpc) is 2.36. The molecule has 4 heteroatoms. The molecule has 0 aliphatic carbocycles. The Balaban J connectivity index is 3.28. The van der Waals surface area contributed by atoms with E-state index in [9.17, 15) is 10.4 Å². The van der Waals surface area contributed by atoms with Crippen LogP contribution in [0.5, 0.6) is 0 Å². The summed E-state index contributed by atoms with van der Waals surface area (Å²) >= 11 is 1.56. The molecule has 0 unspecified atom stereocenters. The second-order valence-corrected chi connectivity index (χ2v) is 5.34. The lowest BCUT2D eigenvalue weighted by atomic mass is 10.0. The molecule has 0 aliphatic rings. The highest BCUT2D eigenvalue weighted by molar-refractivity contribution is 7.98. The van der Waals surface area contributed by atoms with E-state index in [4.69, 9.17) is 0 Å². The smallest absolute Gasteiger partial charge is 0.103 e. The fraction of sp³-hybridized carbons (Fsp3) is 0.462. The molecule has 1 N–H and O–H groups in total. The van der Waals surface area contributed by atoms with E-state index in [1.165, 1.54) is 0 Å². The number of hydrogen-bond acceptors (Lipinski definition) is 4. The molecule has 0 spiro atoms. The monoisotopic (exact) mass is 250 g/mol. The van der Waals surface area contributed by atoms with Gasteiger partial charge in [0.1, 0.15) is 6.07 Å². The molecule has 0 fully saturated rings. The molecule has 0 saturated carbocycles. The van der Waals surface area contributed by atoms with Crippen molar-refractivity contribution >= 4 is 17.4 Å². The number of benzene rings is 1. The van der Waals surface area contributed by atoms with Crippen LogP contribution in [0, 0.1) is 11.3 Å². The molecule has 0 saturated heterocycles.